The van der Waals surface area contributed by atoms with Gasteiger partial charge in [-0.15, -0.1) is 0 Å². The lowest BCUT2D eigenvalue weighted by molar-refractivity contribution is -0.590. The third-order valence-corrected chi connectivity index (χ3v) is 7.30. The Morgan fingerprint density at radius 1 is 0.647 bits per heavy atom. The molecule has 0 N–H and O–H groups in total. The monoisotopic (exact) mass is 459 g/mol. The second-order valence-corrected chi connectivity index (χ2v) is 9.58. The maximum atomic E-state index is 2.53. The van der Waals surface area contributed by atoms with Crippen molar-refractivity contribution >= 4 is 17.0 Å². The van der Waals surface area contributed by atoms with E-state index in [1.807, 2.05) is 0 Å². The fraction of sp³-hybridized carbons (Fsp3) is 0.129. The lowest BCUT2D eigenvalue weighted by Crippen LogP contribution is -2.27. The minimum atomic E-state index is 1.13. The fourth-order valence-corrected chi connectivity index (χ4v) is 5.60. The molecule has 3 heteroatoms. The molecule has 0 aliphatic carbocycles. The summed E-state index contributed by atoms with van der Waals surface area (Å²) in [5.74, 6) is 0. The standard InChI is InChI=1S/C31H27N2S/c1-3-10-24(11-4-1)29-14-9-15-30(25-12-5-2-6-13-25)31(29)26-20-27(32-16-7-8-17-32)22-28(21-26)33-18-19-34-23-33/h1-6,9-15,18-23H,7-8,16-17H2/q+1. The second kappa shape index (κ2) is 9.28. The molecule has 1 aliphatic heterocycles. The molecule has 0 unspecified atom stereocenters. The van der Waals surface area contributed by atoms with Gasteiger partial charge >= 0.3 is 0 Å². The number of nitrogens with zero attached hydrogens (tertiary/aromatic N) is 2. The van der Waals surface area contributed by atoms with Gasteiger partial charge in [0.05, 0.1) is 5.38 Å². The molecule has 0 spiro atoms. The quantitative estimate of drug-likeness (QED) is 0.245. The average Bonchev–Trinajstić information content (AvgIpc) is 3.64. The third kappa shape index (κ3) is 4.04. The highest BCUT2D eigenvalue weighted by Gasteiger charge is 2.21. The molecule has 0 bridgehead atoms. The van der Waals surface area contributed by atoms with Crippen LogP contribution >= 0.6 is 11.3 Å². The summed E-state index contributed by atoms with van der Waals surface area (Å²) in [4.78, 5) is 2.53. The molecule has 4 aromatic carbocycles. The van der Waals surface area contributed by atoms with E-state index >= 15 is 0 Å². The summed E-state index contributed by atoms with van der Waals surface area (Å²) in [6.07, 6.45) is 4.68. The van der Waals surface area contributed by atoms with Gasteiger partial charge in [-0.25, -0.2) is 0 Å². The lowest BCUT2D eigenvalue weighted by atomic mass is 9.87. The van der Waals surface area contributed by atoms with Gasteiger partial charge in [-0.05, 0) is 52.3 Å². The maximum absolute atomic E-state index is 2.53. The summed E-state index contributed by atoms with van der Waals surface area (Å²) < 4.78 is 2.24. The van der Waals surface area contributed by atoms with Crippen molar-refractivity contribution in [1.29, 1.82) is 0 Å². The zero-order valence-electron chi connectivity index (χ0n) is 19.1. The van der Waals surface area contributed by atoms with Gasteiger partial charge in [0.2, 0.25) is 11.2 Å². The van der Waals surface area contributed by atoms with Crippen LogP contribution in [-0.4, -0.2) is 13.1 Å². The average molecular weight is 460 g/mol. The highest BCUT2D eigenvalue weighted by Crippen LogP contribution is 2.41. The Labute approximate surface area is 205 Å². The number of hydrogen-bond donors (Lipinski definition) is 0. The first-order valence-electron chi connectivity index (χ1n) is 11.9. The molecule has 5 aromatic rings. The Morgan fingerprint density at radius 3 is 1.88 bits per heavy atom. The number of thiazole rings is 1. The van der Waals surface area contributed by atoms with E-state index in [1.165, 1.54) is 57.6 Å². The summed E-state index contributed by atoms with van der Waals surface area (Å²) >= 11 is 1.72. The molecule has 2 nitrogen and oxygen atoms in total. The molecule has 2 heterocycles. The molecule has 1 fully saturated rings. The number of hydrogen-bond acceptors (Lipinski definition) is 2. The maximum Gasteiger partial charge on any atom is 0.230 e. The van der Waals surface area contributed by atoms with E-state index in [4.69, 9.17) is 0 Å². The second-order valence-electron chi connectivity index (χ2n) is 8.83. The Bertz CT molecular complexity index is 1330. The Kier molecular flexibility index (Phi) is 5.70. The van der Waals surface area contributed by atoms with Crippen LogP contribution in [-0.2, 0) is 0 Å². The van der Waals surface area contributed by atoms with Gasteiger partial charge in [-0.1, -0.05) is 90.2 Å². The SMILES string of the molecule is c1ccc(-c2cccc(-c3ccccc3)c2-c2cc(N3CCCC3)cc(-[n+]3ccsc3)c2)cc1. The van der Waals surface area contributed by atoms with E-state index in [9.17, 15) is 0 Å². The molecule has 0 atom stereocenters. The van der Waals surface area contributed by atoms with Gasteiger partial charge in [0.1, 0.15) is 0 Å². The lowest BCUT2D eigenvalue weighted by Gasteiger charge is -2.21. The van der Waals surface area contributed by atoms with Crippen LogP contribution in [0, 0.1) is 0 Å². The summed E-state index contributed by atoms with van der Waals surface area (Å²) in [5.41, 5.74) is 12.3. The van der Waals surface area contributed by atoms with E-state index in [2.05, 4.69) is 124 Å². The highest BCUT2D eigenvalue weighted by atomic mass is 32.1. The normalized spacial score (nSPS) is 13.4. The predicted octanol–water partition coefficient (Wildman–Crippen LogP) is 7.63. The molecular formula is C31H27N2S+. The molecule has 1 saturated heterocycles. The molecule has 0 amide bonds. The number of benzene rings is 4. The fourth-order valence-electron chi connectivity index (χ4n) is 5.01. The van der Waals surface area contributed by atoms with Crippen LogP contribution in [0.3, 0.4) is 0 Å². The highest BCUT2D eigenvalue weighted by molar-refractivity contribution is 7.07. The van der Waals surface area contributed by atoms with Gasteiger partial charge in [0.25, 0.3) is 0 Å². The first-order valence-corrected chi connectivity index (χ1v) is 12.9. The van der Waals surface area contributed by atoms with Crippen molar-refractivity contribution in [3.63, 3.8) is 0 Å². The van der Waals surface area contributed by atoms with Crippen LogP contribution in [0.1, 0.15) is 12.8 Å². The molecule has 0 radical (unpaired) electrons. The van der Waals surface area contributed by atoms with Crippen LogP contribution in [0.15, 0.2) is 114 Å². The van der Waals surface area contributed by atoms with Crippen molar-refractivity contribution in [2.75, 3.05) is 18.0 Å². The van der Waals surface area contributed by atoms with E-state index < -0.39 is 0 Å². The Hall–Kier alpha value is -3.69. The van der Waals surface area contributed by atoms with E-state index in [1.54, 1.807) is 11.3 Å². The van der Waals surface area contributed by atoms with Gasteiger partial charge in [0, 0.05) is 30.9 Å². The van der Waals surface area contributed by atoms with Crippen LogP contribution in [0.25, 0.3) is 39.1 Å². The molecule has 166 valence electrons. The molecule has 34 heavy (non-hydrogen) atoms. The Balaban J connectivity index is 1.63. The van der Waals surface area contributed by atoms with Crippen LogP contribution in [0.4, 0.5) is 5.69 Å². The van der Waals surface area contributed by atoms with Crippen LogP contribution in [0.5, 0.6) is 0 Å². The van der Waals surface area contributed by atoms with Gasteiger partial charge in [0.15, 0.2) is 6.20 Å². The predicted molar refractivity (Wildman–Crippen MR) is 144 cm³/mol. The van der Waals surface area contributed by atoms with Crippen LogP contribution < -0.4 is 9.47 Å². The van der Waals surface area contributed by atoms with Gasteiger partial charge in [-0.3, -0.25) is 0 Å². The number of aromatic nitrogens is 1. The van der Waals surface area contributed by atoms with Crippen molar-refractivity contribution in [3.05, 3.63) is 114 Å². The van der Waals surface area contributed by atoms with Crippen molar-refractivity contribution < 1.29 is 4.57 Å². The Morgan fingerprint density at radius 2 is 1.29 bits per heavy atom. The minimum absolute atomic E-state index is 1.13. The molecular weight excluding hydrogens is 432 g/mol. The van der Waals surface area contributed by atoms with Crippen molar-refractivity contribution in [3.8, 4) is 39.1 Å². The van der Waals surface area contributed by atoms with Crippen LogP contribution in [0.2, 0.25) is 0 Å². The topological polar surface area (TPSA) is 7.12 Å². The summed E-state index contributed by atoms with van der Waals surface area (Å²) in [7, 11) is 0. The van der Waals surface area contributed by atoms with E-state index in [0.29, 0.717) is 0 Å². The largest absolute Gasteiger partial charge is 0.371 e. The molecule has 1 aliphatic rings. The smallest absolute Gasteiger partial charge is 0.230 e. The molecule has 0 saturated carbocycles. The summed E-state index contributed by atoms with van der Waals surface area (Å²) in [6, 6.07) is 35.3. The minimum Gasteiger partial charge on any atom is -0.371 e. The molecule has 1 aromatic heterocycles. The van der Waals surface area contributed by atoms with Crippen molar-refractivity contribution in [2.24, 2.45) is 0 Å². The van der Waals surface area contributed by atoms with Gasteiger partial charge < -0.3 is 4.90 Å². The van der Waals surface area contributed by atoms with Crippen molar-refractivity contribution in [1.82, 2.24) is 0 Å². The van der Waals surface area contributed by atoms with E-state index in [-0.39, 0.29) is 0 Å². The van der Waals surface area contributed by atoms with Gasteiger partial charge in [-0.2, -0.15) is 4.57 Å². The third-order valence-electron chi connectivity index (χ3n) is 6.67. The zero-order valence-corrected chi connectivity index (χ0v) is 19.9. The number of anilines is 1. The molecule has 6 rings (SSSR count). The summed E-state index contributed by atoms with van der Waals surface area (Å²) in [5, 5.41) is 2.13. The first-order chi connectivity index (χ1) is 16.9. The van der Waals surface area contributed by atoms with E-state index in [0.717, 1.165) is 13.1 Å². The van der Waals surface area contributed by atoms with Crippen molar-refractivity contribution in [2.45, 2.75) is 12.8 Å². The first kappa shape index (κ1) is 20.9. The zero-order chi connectivity index (χ0) is 22.7. The number of rotatable bonds is 5. The summed E-state index contributed by atoms with van der Waals surface area (Å²) in [6.45, 7) is 2.26.